The number of hydrogen-bond acceptors (Lipinski definition) is 3. The van der Waals surface area contributed by atoms with Crippen LogP contribution < -0.4 is 11.2 Å². The van der Waals surface area contributed by atoms with Crippen molar-refractivity contribution in [2.24, 2.45) is 10.8 Å². The second-order valence-electron chi connectivity index (χ2n) is 1.40. The molecule has 0 aliphatic carbocycles. The van der Waals surface area contributed by atoms with E-state index in [1.54, 1.807) is 12.3 Å². The van der Waals surface area contributed by atoms with Crippen LogP contribution in [-0.4, -0.2) is 17.4 Å². The Bertz CT molecular complexity index is 173. The van der Waals surface area contributed by atoms with Crippen LogP contribution in [0.25, 0.3) is 0 Å². The second-order valence-corrected chi connectivity index (χ2v) is 1.40. The molecule has 0 saturated carbocycles. The number of allylic oxidation sites excluding steroid dienone is 1. The van der Waals surface area contributed by atoms with Crippen molar-refractivity contribution < 1.29 is 4.79 Å². The summed E-state index contributed by atoms with van der Waals surface area (Å²) in [5, 5.41) is 4.50. The highest BCUT2D eigenvalue weighted by Crippen LogP contribution is 1.86. The van der Waals surface area contributed by atoms with Gasteiger partial charge >= 0.3 is 6.03 Å². The summed E-state index contributed by atoms with van der Waals surface area (Å²) < 4.78 is 0. The Kier molecular flexibility index (Phi) is 1.35. The molecule has 1 aliphatic heterocycles. The number of amides is 2. The minimum absolute atomic E-state index is 0.629. The summed E-state index contributed by atoms with van der Waals surface area (Å²) in [6, 6.07) is -0.629. The molecule has 0 aromatic carbocycles. The molecule has 0 fully saturated rings. The zero-order chi connectivity index (χ0) is 6.69. The molecule has 2 amide bonds. The van der Waals surface area contributed by atoms with Crippen LogP contribution in [0.2, 0.25) is 0 Å². The molecule has 1 rings (SSSR count). The molecule has 0 atom stereocenters. The van der Waals surface area contributed by atoms with Crippen molar-refractivity contribution in [3.8, 4) is 0 Å². The van der Waals surface area contributed by atoms with Gasteiger partial charge in [0, 0.05) is 6.20 Å². The Balaban J connectivity index is 2.56. The second kappa shape index (κ2) is 2.17. The summed E-state index contributed by atoms with van der Waals surface area (Å²) in [4.78, 5) is 10.3. The number of carbonyl (C=O) groups is 1. The largest absolute Gasteiger partial charge is 0.354 e. The fourth-order valence-electron chi connectivity index (χ4n) is 0.416. The van der Waals surface area contributed by atoms with Gasteiger partial charge in [-0.25, -0.2) is 4.79 Å². The number of hydrazone groups is 1. The van der Waals surface area contributed by atoms with Gasteiger partial charge in [0.15, 0.2) is 0 Å². The monoisotopic (exact) mass is 126 g/mol. The lowest BCUT2D eigenvalue weighted by molar-refractivity contribution is 0.195. The van der Waals surface area contributed by atoms with E-state index >= 15 is 0 Å². The predicted molar refractivity (Wildman–Crippen MR) is 32.2 cm³/mol. The first-order chi connectivity index (χ1) is 4.30. The summed E-state index contributed by atoms with van der Waals surface area (Å²) in [5.74, 6) is 0. The average molecular weight is 126 g/mol. The van der Waals surface area contributed by atoms with E-state index in [0.717, 1.165) is 5.12 Å². The van der Waals surface area contributed by atoms with E-state index in [9.17, 15) is 4.79 Å². The lowest BCUT2D eigenvalue weighted by atomic mass is 10.6. The molecule has 1 aliphatic rings. The number of rotatable bonds is 0. The van der Waals surface area contributed by atoms with Crippen LogP contribution in [0, 0.1) is 0 Å². The highest BCUT2D eigenvalue weighted by atomic mass is 16.2. The Morgan fingerprint density at radius 2 is 2.56 bits per heavy atom. The third-order valence-corrected chi connectivity index (χ3v) is 0.770. The summed E-state index contributed by atoms with van der Waals surface area (Å²) in [6.45, 7) is 0. The molecule has 9 heavy (non-hydrogen) atoms. The van der Waals surface area contributed by atoms with Gasteiger partial charge in [-0.15, -0.1) is 5.12 Å². The topological polar surface area (TPSA) is 70.7 Å². The number of hydrazine groups is 1. The molecular formula is C4H6N4O. The van der Waals surface area contributed by atoms with Gasteiger partial charge in [-0.2, -0.15) is 5.10 Å². The number of urea groups is 1. The van der Waals surface area contributed by atoms with Crippen molar-refractivity contribution in [3.05, 3.63) is 12.3 Å². The van der Waals surface area contributed by atoms with Crippen LogP contribution in [0.5, 0.6) is 0 Å². The molecule has 0 aromatic rings. The molecule has 0 bridgehead atoms. The van der Waals surface area contributed by atoms with Gasteiger partial charge in [-0.1, -0.05) is 0 Å². The van der Waals surface area contributed by atoms with E-state index in [-0.39, 0.29) is 0 Å². The van der Waals surface area contributed by atoms with Crippen LogP contribution in [0.1, 0.15) is 0 Å². The standard InChI is InChI=1S/C4H6N4O/c5-4(9)8-6-2-1-3-7-8/h1-3,6H,(H2,5,9). The van der Waals surface area contributed by atoms with Crippen molar-refractivity contribution in [2.45, 2.75) is 0 Å². The molecule has 5 nitrogen and oxygen atoms in total. The van der Waals surface area contributed by atoms with Crippen LogP contribution in [-0.2, 0) is 0 Å². The van der Waals surface area contributed by atoms with Crippen molar-refractivity contribution in [1.29, 1.82) is 0 Å². The normalized spacial score (nSPS) is 15.3. The van der Waals surface area contributed by atoms with Crippen LogP contribution in [0.4, 0.5) is 4.79 Å². The Morgan fingerprint density at radius 3 is 2.89 bits per heavy atom. The van der Waals surface area contributed by atoms with Gasteiger partial charge in [0.25, 0.3) is 0 Å². The summed E-state index contributed by atoms with van der Waals surface area (Å²) in [7, 11) is 0. The molecule has 3 N–H and O–H groups in total. The summed E-state index contributed by atoms with van der Waals surface area (Å²) >= 11 is 0. The lowest BCUT2D eigenvalue weighted by Gasteiger charge is -2.14. The molecule has 5 heteroatoms. The average Bonchev–Trinajstić information content (AvgIpc) is 1.90. The molecule has 48 valence electrons. The maximum atomic E-state index is 10.3. The fourth-order valence-corrected chi connectivity index (χ4v) is 0.416. The molecule has 0 radical (unpaired) electrons. The number of hydrogen-bond donors (Lipinski definition) is 2. The van der Waals surface area contributed by atoms with Gasteiger partial charge in [-0.3, -0.25) is 5.43 Å². The minimum atomic E-state index is -0.629. The van der Waals surface area contributed by atoms with Crippen LogP contribution >= 0.6 is 0 Å². The highest BCUT2D eigenvalue weighted by Gasteiger charge is 2.04. The van der Waals surface area contributed by atoms with E-state index in [2.05, 4.69) is 10.5 Å². The zero-order valence-electron chi connectivity index (χ0n) is 4.61. The lowest BCUT2D eigenvalue weighted by Crippen LogP contribution is -2.40. The number of primary amides is 1. The van der Waals surface area contributed by atoms with E-state index in [1.807, 2.05) is 0 Å². The van der Waals surface area contributed by atoms with E-state index in [1.165, 1.54) is 6.21 Å². The van der Waals surface area contributed by atoms with Crippen LogP contribution in [0.3, 0.4) is 0 Å². The predicted octanol–water partition coefficient (Wildman–Crippen LogP) is -0.615. The van der Waals surface area contributed by atoms with Crippen LogP contribution in [0.15, 0.2) is 17.4 Å². The first-order valence-electron chi connectivity index (χ1n) is 2.35. The summed E-state index contributed by atoms with van der Waals surface area (Å²) in [6.07, 6.45) is 4.67. The molecule has 0 aromatic heterocycles. The molecule has 0 saturated heterocycles. The third-order valence-electron chi connectivity index (χ3n) is 0.770. The molecular weight excluding hydrogens is 120 g/mol. The SMILES string of the molecule is NC(=O)N1N=CC=CN1. The van der Waals surface area contributed by atoms with Crippen molar-refractivity contribution in [1.82, 2.24) is 10.5 Å². The smallest absolute Gasteiger partial charge is 0.348 e. The van der Waals surface area contributed by atoms with Crippen molar-refractivity contribution in [2.75, 3.05) is 0 Å². The third kappa shape index (κ3) is 1.18. The van der Waals surface area contributed by atoms with Gasteiger partial charge in [0.05, 0.1) is 6.21 Å². The van der Waals surface area contributed by atoms with E-state index < -0.39 is 6.03 Å². The number of carbonyl (C=O) groups excluding carboxylic acids is 1. The van der Waals surface area contributed by atoms with Crippen molar-refractivity contribution >= 4 is 12.2 Å². The van der Waals surface area contributed by atoms with Gasteiger partial charge in [0.1, 0.15) is 0 Å². The maximum absolute atomic E-state index is 10.3. The fraction of sp³-hybridized carbons (Fsp3) is 0. The van der Waals surface area contributed by atoms with Gasteiger partial charge in [0.2, 0.25) is 0 Å². The summed E-state index contributed by atoms with van der Waals surface area (Å²) in [5.41, 5.74) is 7.34. The Hall–Kier alpha value is -1.52. The Labute approximate surface area is 51.8 Å². The van der Waals surface area contributed by atoms with E-state index in [4.69, 9.17) is 5.73 Å². The maximum Gasteiger partial charge on any atom is 0.354 e. The van der Waals surface area contributed by atoms with Gasteiger partial charge in [-0.05, 0) is 6.08 Å². The zero-order valence-corrected chi connectivity index (χ0v) is 4.61. The van der Waals surface area contributed by atoms with Crippen molar-refractivity contribution in [3.63, 3.8) is 0 Å². The number of nitrogens with two attached hydrogens (primary N) is 1. The number of nitrogens with one attached hydrogen (secondary N) is 1. The quantitative estimate of drug-likeness (QED) is 0.454. The number of nitrogens with zero attached hydrogens (tertiary/aromatic N) is 2. The van der Waals surface area contributed by atoms with Gasteiger partial charge < -0.3 is 5.73 Å². The minimum Gasteiger partial charge on any atom is -0.348 e. The molecule has 0 spiro atoms. The Morgan fingerprint density at radius 1 is 1.78 bits per heavy atom. The van der Waals surface area contributed by atoms with E-state index in [0.29, 0.717) is 0 Å². The highest BCUT2D eigenvalue weighted by molar-refractivity contribution is 5.77. The molecule has 0 unspecified atom stereocenters. The first-order valence-corrected chi connectivity index (χ1v) is 2.35. The first kappa shape index (κ1) is 5.61. The molecule has 1 heterocycles.